The maximum absolute atomic E-state index is 2.48. The van der Waals surface area contributed by atoms with Crippen LogP contribution in [0.4, 0.5) is 0 Å². The van der Waals surface area contributed by atoms with Crippen LogP contribution in [0.25, 0.3) is 0 Å². The van der Waals surface area contributed by atoms with Gasteiger partial charge in [-0.05, 0) is 48.9 Å². The molecule has 4 unspecified atom stereocenters. The molecule has 76 valence electrons. The predicted octanol–water partition coefficient (Wildman–Crippen LogP) is 4.25. The maximum atomic E-state index is 2.48. The van der Waals surface area contributed by atoms with Crippen molar-refractivity contribution in [2.24, 2.45) is 23.2 Å². The van der Waals surface area contributed by atoms with Crippen LogP contribution in [0.5, 0.6) is 0 Å². The fourth-order valence-corrected chi connectivity index (χ4v) is 4.58. The van der Waals surface area contributed by atoms with Gasteiger partial charge in [-0.25, -0.2) is 0 Å². The van der Waals surface area contributed by atoms with Crippen LogP contribution in [0, 0.1) is 23.2 Å². The second kappa shape index (κ2) is 3.29. The summed E-state index contributed by atoms with van der Waals surface area (Å²) in [5.74, 6) is 3.23. The fraction of sp³-hybridized carbons (Fsp3) is 1.00. The van der Waals surface area contributed by atoms with Crippen LogP contribution in [0.3, 0.4) is 0 Å². The van der Waals surface area contributed by atoms with Gasteiger partial charge in [-0.3, -0.25) is 0 Å². The molecule has 4 atom stereocenters. The Bertz CT molecular complexity index is 180. The van der Waals surface area contributed by atoms with Crippen molar-refractivity contribution in [3.05, 3.63) is 0 Å². The first kappa shape index (κ1) is 9.55. The van der Waals surface area contributed by atoms with Crippen LogP contribution < -0.4 is 0 Å². The van der Waals surface area contributed by atoms with Crippen molar-refractivity contribution < 1.29 is 0 Å². The van der Waals surface area contributed by atoms with E-state index in [0.717, 1.165) is 23.2 Å². The summed E-state index contributed by atoms with van der Waals surface area (Å²) in [7, 11) is 0. The van der Waals surface area contributed by atoms with Crippen LogP contribution in [0.2, 0.25) is 0 Å². The zero-order chi connectivity index (χ0) is 9.47. The standard InChI is InChI=1S/C13H24/c1-4-7-13-8-6-11(5-2)12(13)10(3)9-13/h10-12H,4-9H2,1-3H3. The third-order valence-electron chi connectivity index (χ3n) is 4.84. The van der Waals surface area contributed by atoms with Crippen molar-refractivity contribution in [3.63, 3.8) is 0 Å². The highest BCUT2D eigenvalue weighted by molar-refractivity contribution is 5.06. The molecule has 0 heteroatoms. The lowest BCUT2D eigenvalue weighted by atomic mass is 9.52. The van der Waals surface area contributed by atoms with Crippen LogP contribution in [0.15, 0.2) is 0 Å². The summed E-state index contributed by atoms with van der Waals surface area (Å²) in [5, 5.41) is 0. The van der Waals surface area contributed by atoms with E-state index >= 15 is 0 Å². The van der Waals surface area contributed by atoms with E-state index in [1.807, 2.05) is 0 Å². The van der Waals surface area contributed by atoms with Crippen LogP contribution in [-0.2, 0) is 0 Å². The Morgan fingerprint density at radius 2 is 2.08 bits per heavy atom. The summed E-state index contributed by atoms with van der Waals surface area (Å²) in [6, 6.07) is 0. The topological polar surface area (TPSA) is 0 Å². The smallest absolute Gasteiger partial charge is 0.0261 e. The van der Waals surface area contributed by atoms with Crippen LogP contribution in [0.1, 0.15) is 59.3 Å². The van der Waals surface area contributed by atoms with E-state index in [2.05, 4.69) is 20.8 Å². The lowest BCUT2D eigenvalue weighted by Gasteiger charge is -2.53. The summed E-state index contributed by atoms with van der Waals surface area (Å²) >= 11 is 0. The third-order valence-corrected chi connectivity index (χ3v) is 4.84. The molecule has 0 aromatic heterocycles. The lowest BCUT2D eigenvalue weighted by molar-refractivity contribution is -0.0353. The monoisotopic (exact) mass is 180 g/mol. The second-order valence-corrected chi connectivity index (χ2v) is 5.53. The molecule has 0 nitrogen and oxygen atoms in total. The van der Waals surface area contributed by atoms with E-state index in [1.165, 1.54) is 25.7 Å². The van der Waals surface area contributed by atoms with Crippen molar-refractivity contribution in [1.82, 2.24) is 0 Å². The molecule has 2 fully saturated rings. The second-order valence-electron chi connectivity index (χ2n) is 5.53. The fourth-order valence-electron chi connectivity index (χ4n) is 4.58. The SMILES string of the molecule is CCCC12CCC(CC)C1C(C)C2. The summed E-state index contributed by atoms with van der Waals surface area (Å²) in [6.07, 6.45) is 8.97. The van der Waals surface area contributed by atoms with Gasteiger partial charge in [0.2, 0.25) is 0 Å². The van der Waals surface area contributed by atoms with Crippen molar-refractivity contribution in [1.29, 1.82) is 0 Å². The van der Waals surface area contributed by atoms with Crippen LogP contribution in [-0.4, -0.2) is 0 Å². The molecule has 0 aromatic rings. The number of hydrogen-bond donors (Lipinski definition) is 0. The molecule has 0 radical (unpaired) electrons. The molecule has 2 aliphatic carbocycles. The van der Waals surface area contributed by atoms with Crippen molar-refractivity contribution in [3.8, 4) is 0 Å². The molecule has 0 amide bonds. The summed E-state index contributed by atoms with van der Waals surface area (Å²) in [6.45, 7) is 7.22. The van der Waals surface area contributed by atoms with Gasteiger partial charge >= 0.3 is 0 Å². The molecule has 13 heavy (non-hydrogen) atoms. The summed E-state index contributed by atoms with van der Waals surface area (Å²) in [4.78, 5) is 0. The highest BCUT2D eigenvalue weighted by Gasteiger charge is 2.56. The van der Waals surface area contributed by atoms with E-state index in [-0.39, 0.29) is 0 Å². The molecule has 0 N–H and O–H groups in total. The van der Waals surface area contributed by atoms with E-state index in [9.17, 15) is 0 Å². The van der Waals surface area contributed by atoms with Gasteiger partial charge in [-0.1, -0.05) is 33.6 Å². The molecular formula is C13H24. The zero-order valence-electron chi connectivity index (χ0n) is 9.47. The van der Waals surface area contributed by atoms with Gasteiger partial charge in [0.1, 0.15) is 0 Å². The van der Waals surface area contributed by atoms with Gasteiger partial charge in [0.25, 0.3) is 0 Å². The minimum Gasteiger partial charge on any atom is -0.0654 e. The Morgan fingerprint density at radius 1 is 1.31 bits per heavy atom. The van der Waals surface area contributed by atoms with Gasteiger partial charge in [0.05, 0.1) is 0 Å². The minimum atomic E-state index is 0.828. The third kappa shape index (κ3) is 1.25. The van der Waals surface area contributed by atoms with Crippen molar-refractivity contribution in [2.45, 2.75) is 59.3 Å². The Labute approximate surface area is 83.1 Å². The maximum Gasteiger partial charge on any atom is -0.0261 e. The van der Waals surface area contributed by atoms with Gasteiger partial charge in [0, 0.05) is 0 Å². The van der Waals surface area contributed by atoms with Crippen molar-refractivity contribution in [2.75, 3.05) is 0 Å². The quantitative estimate of drug-likeness (QED) is 0.609. The summed E-state index contributed by atoms with van der Waals surface area (Å²) < 4.78 is 0. The van der Waals surface area contributed by atoms with Crippen LogP contribution >= 0.6 is 0 Å². The molecule has 0 heterocycles. The van der Waals surface area contributed by atoms with Gasteiger partial charge < -0.3 is 0 Å². The van der Waals surface area contributed by atoms with E-state index in [4.69, 9.17) is 0 Å². The minimum absolute atomic E-state index is 0.828. The normalized spacial score (nSPS) is 48.7. The lowest BCUT2D eigenvalue weighted by Crippen LogP contribution is -2.45. The molecule has 0 spiro atoms. The molecule has 2 aliphatic rings. The Balaban J connectivity index is 2.07. The Hall–Kier alpha value is 0. The number of rotatable bonds is 3. The highest BCUT2D eigenvalue weighted by atomic mass is 14.6. The van der Waals surface area contributed by atoms with E-state index in [0.29, 0.717) is 0 Å². The first-order chi connectivity index (χ1) is 6.23. The molecule has 0 aromatic carbocycles. The molecule has 2 rings (SSSR count). The van der Waals surface area contributed by atoms with E-state index in [1.54, 1.807) is 12.8 Å². The Morgan fingerprint density at radius 3 is 2.62 bits per heavy atom. The average molecular weight is 180 g/mol. The van der Waals surface area contributed by atoms with Gasteiger partial charge in [-0.15, -0.1) is 0 Å². The molecule has 0 aliphatic heterocycles. The number of hydrogen-bond acceptors (Lipinski definition) is 0. The highest BCUT2D eigenvalue weighted by Crippen LogP contribution is 2.65. The predicted molar refractivity (Wildman–Crippen MR) is 57.6 cm³/mol. The largest absolute Gasteiger partial charge is 0.0654 e. The Kier molecular flexibility index (Phi) is 2.42. The average Bonchev–Trinajstić information content (AvgIpc) is 2.38. The molecule has 0 bridgehead atoms. The molecule has 2 saturated carbocycles. The summed E-state index contributed by atoms with van der Waals surface area (Å²) in [5.41, 5.74) is 0.828. The first-order valence-corrected chi connectivity index (χ1v) is 6.23. The van der Waals surface area contributed by atoms with Gasteiger partial charge in [-0.2, -0.15) is 0 Å². The van der Waals surface area contributed by atoms with Gasteiger partial charge in [0.15, 0.2) is 0 Å². The molecular weight excluding hydrogens is 156 g/mol. The van der Waals surface area contributed by atoms with E-state index < -0.39 is 0 Å². The molecule has 0 saturated heterocycles. The van der Waals surface area contributed by atoms with Crippen molar-refractivity contribution >= 4 is 0 Å². The zero-order valence-corrected chi connectivity index (χ0v) is 9.47. The first-order valence-electron chi connectivity index (χ1n) is 6.23. The number of fused-ring (bicyclic) bond motifs is 1.